The molecule has 0 heterocycles. The second-order valence-corrected chi connectivity index (χ2v) is 6.42. The van der Waals surface area contributed by atoms with Crippen LogP contribution in [-0.2, 0) is 6.42 Å². The number of aryl methyl sites for hydroxylation is 1. The number of hydrogen-bond acceptors (Lipinski definition) is 1. The minimum atomic E-state index is 0.458. The molecular formula is C16H25N. The van der Waals surface area contributed by atoms with E-state index in [0.717, 1.165) is 6.54 Å². The fourth-order valence-electron chi connectivity index (χ4n) is 2.89. The molecule has 0 atom stereocenters. The first-order valence-corrected chi connectivity index (χ1v) is 6.73. The van der Waals surface area contributed by atoms with Crippen LogP contribution in [0.15, 0.2) is 30.3 Å². The second kappa shape index (κ2) is 4.45. The largest absolute Gasteiger partial charge is 0.313 e. The SMILES string of the molecule is CC1(C)C(NCCCc2ccccc2)C1(C)C. The summed E-state index contributed by atoms with van der Waals surface area (Å²) in [5, 5.41) is 3.71. The van der Waals surface area contributed by atoms with Gasteiger partial charge in [0.2, 0.25) is 0 Å². The first-order valence-electron chi connectivity index (χ1n) is 6.73. The maximum atomic E-state index is 3.71. The normalized spacial score (nSPS) is 21.4. The van der Waals surface area contributed by atoms with Crippen molar-refractivity contribution < 1.29 is 0 Å². The molecule has 94 valence electrons. The number of nitrogens with one attached hydrogen (secondary N) is 1. The molecule has 0 radical (unpaired) electrons. The summed E-state index contributed by atoms with van der Waals surface area (Å²) in [5.41, 5.74) is 2.36. The van der Waals surface area contributed by atoms with E-state index in [4.69, 9.17) is 0 Å². The van der Waals surface area contributed by atoms with Crippen molar-refractivity contribution in [3.63, 3.8) is 0 Å². The zero-order valence-electron chi connectivity index (χ0n) is 11.6. The van der Waals surface area contributed by atoms with E-state index in [0.29, 0.717) is 16.9 Å². The third-order valence-electron chi connectivity index (χ3n) is 4.85. The molecule has 1 N–H and O–H groups in total. The van der Waals surface area contributed by atoms with Crippen molar-refractivity contribution in [1.29, 1.82) is 0 Å². The van der Waals surface area contributed by atoms with Gasteiger partial charge < -0.3 is 5.32 Å². The molecule has 1 aliphatic rings. The van der Waals surface area contributed by atoms with Gasteiger partial charge in [-0.25, -0.2) is 0 Å². The minimum Gasteiger partial charge on any atom is -0.313 e. The Bertz CT molecular complexity index is 350. The molecule has 1 saturated carbocycles. The average molecular weight is 231 g/mol. The van der Waals surface area contributed by atoms with Crippen LogP contribution in [0.1, 0.15) is 39.7 Å². The van der Waals surface area contributed by atoms with Gasteiger partial charge in [-0.3, -0.25) is 0 Å². The number of benzene rings is 1. The molecule has 1 heteroatoms. The summed E-state index contributed by atoms with van der Waals surface area (Å²) in [4.78, 5) is 0. The predicted octanol–water partition coefficient (Wildman–Crippen LogP) is 3.64. The van der Waals surface area contributed by atoms with Crippen LogP contribution in [0.2, 0.25) is 0 Å². The van der Waals surface area contributed by atoms with Gasteiger partial charge in [-0.05, 0) is 35.8 Å². The second-order valence-electron chi connectivity index (χ2n) is 6.42. The summed E-state index contributed by atoms with van der Waals surface area (Å²) in [7, 11) is 0. The van der Waals surface area contributed by atoms with Gasteiger partial charge in [0.25, 0.3) is 0 Å². The molecular weight excluding hydrogens is 206 g/mol. The summed E-state index contributed by atoms with van der Waals surface area (Å²) in [6.07, 6.45) is 2.41. The Morgan fingerprint density at radius 2 is 1.59 bits per heavy atom. The molecule has 0 saturated heterocycles. The Hall–Kier alpha value is -0.820. The Morgan fingerprint density at radius 3 is 2.12 bits per heavy atom. The highest BCUT2D eigenvalue weighted by Crippen LogP contribution is 2.62. The zero-order valence-corrected chi connectivity index (χ0v) is 11.6. The van der Waals surface area contributed by atoms with Gasteiger partial charge in [-0.2, -0.15) is 0 Å². The van der Waals surface area contributed by atoms with Crippen molar-refractivity contribution in [2.24, 2.45) is 10.8 Å². The topological polar surface area (TPSA) is 12.0 Å². The Kier molecular flexibility index (Phi) is 3.31. The highest BCUT2D eigenvalue weighted by molar-refractivity contribution is 5.18. The lowest BCUT2D eigenvalue weighted by Gasteiger charge is -2.06. The lowest BCUT2D eigenvalue weighted by molar-refractivity contribution is 0.457. The van der Waals surface area contributed by atoms with Crippen LogP contribution in [0.4, 0.5) is 0 Å². The first-order chi connectivity index (χ1) is 7.96. The predicted molar refractivity (Wildman–Crippen MR) is 74.1 cm³/mol. The third-order valence-corrected chi connectivity index (χ3v) is 4.85. The quantitative estimate of drug-likeness (QED) is 0.763. The Balaban J connectivity index is 1.69. The van der Waals surface area contributed by atoms with E-state index in [1.165, 1.54) is 18.4 Å². The van der Waals surface area contributed by atoms with E-state index in [1.807, 2.05) is 0 Å². The van der Waals surface area contributed by atoms with Crippen LogP contribution >= 0.6 is 0 Å². The smallest absolute Gasteiger partial charge is 0.0181 e. The van der Waals surface area contributed by atoms with Crippen LogP contribution in [0.25, 0.3) is 0 Å². The average Bonchev–Trinajstić information content (AvgIpc) is 2.67. The molecule has 1 fully saturated rings. The van der Waals surface area contributed by atoms with Crippen LogP contribution in [0, 0.1) is 10.8 Å². The van der Waals surface area contributed by atoms with Gasteiger partial charge in [0.1, 0.15) is 0 Å². The van der Waals surface area contributed by atoms with Crippen LogP contribution in [0.5, 0.6) is 0 Å². The summed E-state index contributed by atoms with van der Waals surface area (Å²) in [6, 6.07) is 11.4. The van der Waals surface area contributed by atoms with E-state index < -0.39 is 0 Å². The van der Waals surface area contributed by atoms with Gasteiger partial charge >= 0.3 is 0 Å². The van der Waals surface area contributed by atoms with Gasteiger partial charge in [-0.15, -0.1) is 0 Å². The number of rotatable bonds is 5. The van der Waals surface area contributed by atoms with Gasteiger partial charge in [0.05, 0.1) is 0 Å². The first kappa shape index (κ1) is 12.6. The lowest BCUT2D eigenvalue weighted by Crippen LogP contribution is -2.23. The Morgan fingerprint density at radius 1 is 1.00 bits per heavy atom. The van der Waals surface area contributed by atoms with Crippen molar-refractivity contribution in [3.8, 4) is 0 Å². The van der Waals surface area contributed by atoms with Gasteiger partial charge in [-0.1, -0.05) is 58.0 Å². The lowest BCUT2D eigenvalue weighted by atomic mass is 10.0. The molecule has 1 nitrogen and oxygen atoms in total. The summed E-state index contributed by atoms with van der Waals surface area (Å²) in [5.74, 6) is 0. The van der Waals surface area contributed by atoms with E-state index >= 15 is 0 Å². The van der Waals surface area contributed by atoms with Crippen molar-refractivity contribution in [1.82, 2.24) is 5.32 Å². The molecule has 0 unspecified atom stereocenters. The van der Waals surface area contributed by atoms with Crippen LogP contribution < -0.4 is 5.32 Å². The highest BCUT2D eigenvalue weighted by Gasteiger charge is 2.64. The van der Waals surface area contributed by atoms with Crippen LogP contribution in [0.3, 0.4) is 0 Å². The van der Waals surface area contributed by atoms with E-state index in [2.05, 4.69) is 63.3 Å². The zero-order chi connectivity index (χ0) is 12.5. The molecule has 0 amide bonds. The molecule has 0 aliphatic heterocycles. The van der Waals surface area contributed by atoms with Crippen molar-refractivity contribution in [3.05, 3.63) is 35.9 Å². The molecule has 0 spiro atoms. The van der Waals surface area contributed by atoms with Crippen molar-refractivity contribution in [2.75, 3.05) is 6.54 Å². The van der Waals surface area contributed by atoms with E-state index in [9.17, 15) is 0 Å². The van der Waals surface area contributed by atoms with Gasteiger partial charge in [0, 0.05) is 6.04 Å². The summed E-state index contributed by atoms with van der Waals surface area (Å²) < 4.78 is 0. The standard InChI is InChI=1S/C16H25N/c1-15(2)14(16(15,3)4)17-12-8-11-13-9-6-5-7-10-13/h5-7,9-10,14,17H,8,11-12H2,1-4H3. The minimum absolute atomic E-state index is 0.458. The fraction of sp³-hybridized carbons (Fsp3) is 0.625. The molecule has 0 aromatic heterocycles. The maximum absolute atomic E-state index is 3.71. The number of hydrogen-bond donors (Lipinski definition) is 1. The van der Waals surface area contributed by atoms with Crippen molar-refractivity contribution >= 4 is 0 Å². The van der Waals surface area contributed by atoms with Crippen molar-refractivity contribution in [2.45, 2.75) is 46.6 Å². The summed E-state index contributed by atoms with van der Waals surface area (Å²) >= 11 is 0. The fourth-order valence-corrected chi connectivity index (χ4v) is 2.89. The molecule has 0 bridgehead atoms. The van der Waals surface area contributed by atoms with E-state index in [-0.39, 0.29) is 0 Å². The summed E-state index contributed by atoms with van der Waals surface area (Å²) in [6.45, 7) is 10.6. The molecule has 2 rings (SSSR count). The van der Waals surface area contributed by atoms with Gasteiger partial charge in [0.15, 0.2) is 0 Å². The molecule has 1 aliphatic carbocycles. The molecule has 1 aromatic carbocycles. The Labute approximate surface area is 106 Å². The monoisotopic (exact) mass is 231 g/mol. The van der Waals surface area contributed by atoms with E-state index in [1.54, 1.807) is 0 Å². The highest BCUT2D eigenvalue weighted by atomic mass is 15.0. The molecule has 1 aromatic rings. The molecule has 17 heavy (non-hydrogen) atoms. The van der Waals surface area contributed by atoms with Crippen LogP contribution in [-0.4, -0.2) is 12.6 Å². The third kappa shape index (κ3) is 2.40. The maximum Gasteiger partial charge on any atom is 0.0181 e.